The lowest BCUT2D eigenvalue weighted by atomic mass is 10.1. The van der Waals surface area contributed by atoms with Crippen LogP contribution in [-0.4, -0.2) is 39.1 Å². The monoisotopic (exact) mass is 436 g/mol. The van der Waals surface area contributed by atoms with E-state index in [-0.39, 0.29) is 41.6 Å². The van der Waals surface area contributed by atoms with Crippen LogP contribution < -0.4 is 5.32 Å². The van der Waals surface area contributed by atoms with Gasteiger partial charge in [-0.2, -0.15) is 0 Å². The molecule has 1 aliphatic heterocycles. The summed E-state index contributed by atoms with van der Waals surface area (Å²) >= 11 is 6.97. The van der Waals surface area contributed by atoms with E-state index in [1.807, 2.05) is 0 Å². The van der Waals surface area contributed by atoms with E-state index < -0.39 is 16.7 Å². The molecule has 1 aromatic heterocycles. The highest BCUT2D eigenvalue weighted by atomic mass is 35.5. The lowest BCUT2D eigenvalue weighted by Crippen LogP contribution is -2.30. The molecule has 0 saturated carbocycles. The molecule has 1 N–H and O–H groups in total. The van der Waals surface area contributed by atoms with Crippen LogP contribution >= 0.6 is 22.9 Å². The fourth-order valence-corrected chi connectivity index (χ4v) is 3.97. The number of hydrogen-bond acceptors (Lipinski definition) is 7. The fraction of sp³-hybridized carbons (Fsp3) is 0.333. The van der Waals surface area contributed by atoms with Gasteiger partial charge in [-0.25, -0.2) is 4.98 Å². The van der Waals surface area contributed by atoms with Crippen LogP contribution in [0.3, 0.4) is 0 Å². The largest absolute Gasteiger partial charge is 0.302 e. The number of carbonyl (C=O) groups is 3. The molecule has 3 amide bonds. The summed E-state index contributed by atoms with van der Waals surface area (Å²) in [5, 5.41) is 16.1. The summed E-state index contributed by atoms with van der Waals surface area (Å²) in [6.07, 6.45) is 1.97. The summed E-state index contributed by atoms with van der Waals surface area (Å²) in [6, 6.07) is 4.02. The van der Waals surface area contributed by atoms with E-state index >= 15 is 0 Å². The first kappa shape index (κ1) is 20.9. The number of thiazole rings is 1. The second-order valence-corrected chi connectivity index (χ2v) is 7.48. The summed E-state index contributed by atoms with van der Waals surface area (Å²) in [5.74, 6) is -1.05. The number of nitrogens with one attached hydrogen (secondary N) is 1. The van der Waals surface area contributed by atoms with Crippen molar-refractivity contribution in [1.29, 1.82) is 0 Å². The molecule has 1 aromatic carbocycles. The van der Waals surface area contributed by atoms with E-state index in [0.29, 0.717) is 30.1 Å². The van der Waals surface area contributed by atoms with Crippen molar-refractivity contribution in [3.8, 4) is 0 Å². The van der Waals surface area contributed by atoms with Gasteiger partial charge < -0.3 is 5.32 Å². The molecule has 2 heterocycles. The molecule has 2 aromatic rings. The Morgan fingerprint density at radius 1 is 1.24 bits per heavy atom. The van der Waals surface area contributed by atoms with E-state index in [2.05, 4.69) is 10.3 Å². The smallest absolute Gasteiger partial charge is 0.282 e. The molecule has 0 atom stereocenters. The topological polar surface area (TPSA) is 123 Å². The van der Waals surface area contributed by atoms with Crippen LogP contribution in [0.1, 0.15) is 52.1 Å². The molecular formula is C18H17ClN4O5S. The normalized spacial score (nSPS) is 12.9. The second-order valence-electron chi connectivity index (χ2n) is 6.36. The van der Waals surface area contributed by atoms with Gasteiger partial charge in [0.25, 0.3) is 17.5 Å². The second kappa shape index (κ2) is 9.10. The zero-order valence-corrected chi connectivity index (χ0v) is 16.8. The number of fused-ring (bicyclic) bond motifs is 1. The molecule has 0 fully saturated rings. The Balaban J connectivity index is 1.46. The number of amides is 3. The highest BCUT2D eigenvalue weighted by Gasteiger charge is 2.40. The molecule has 9 nitrogen and oxygen atoms in total. The number of halogens is 1. The van der Waals surface area contributed by atoms with Gasteiger partial charge in [-0.1, -0.05) is 12.5 Å². The molecule has 0 saturated heterocycles. The average molecular weight is 437 g/mol. The van der Waals surface area contributed by atoms with E-state index in [0.717, 1.165) is 4.90 Å². The number of rotatable bonds is 9. The predicted molar refractivity (Wildman–Crippen MR) is 107 cm³/mol. The molecule has 29 heavy (non-hydrogen) atoms. The van der Waals surface area contributed by atoms with Gasteiger partial charge in [0.05, 0.1) is 22.1 Å². The lowest BCUT2D eigenvalue weighted by Gasteiger charge is -2.13. The maximum atomic E-state index is 12.5. The van der Waals surface area contributed by atoms with Crippen molar-refractivity contribution in [3.05, 3.63) is 50.5 Å². The number of benzene rings is 1. The number of nitrogens with zero attached hydrogens (tertiary/aromatic N) is 3. The van der Waals surface area contributed by atoms with E-state index in [1.165, 1.54) is 29.5 Å². The molecule has 11 heteroatoms. The van der Waals surface area contributed by atoms with Crippen molar-refractivity contribution in [1.82, 2.24) is 9.88 Å². The highest BCUT2D eigenvalue weighted by molar-refractivity contribution is 7.13. The molecule has 152 valence electrons. The van der Waals surface area contributed by atoms with Crippen LogP contribution in [0.5, 0.6) is 0 Å². The number of anilines is 1. The van der Waals surface area contributed by atoms with Gasteiger partial charge in [0, 0.05) is 24.4 Å². The van der Waals surface area contributed by atoms with Crippen molar-refractivity contribution < 1.29 is 19.3 Å². The average Bonchev–Trinajstić information content (AvgIpc) is 3.25. The van der Waals surface area contributed by atoms with Crippen LogP contribution in [0.15, 0.2) is 23.6 Å². The Kier molecular flexibility index (Phi) is 6.55. The van der Waals surface area contributed by atoms with Gasteiger partial charge in [-0.05, 0) is 18.9 Å². The number of carbonyl (C=O) groups excluding carboxylic acids is 3. The molecule has 0 spiro atoms. The van der Waals surface area contributed by atoms with Crippen molar-refractivity contribution in [3.63, 3.8) is 0 Å². The van der Waals surface area contributed by atoms with Gasteiger partial charge in [-0.15, -0.1) is 22.9 Å². The molecule has 0 unspecified atom stereocenters. The number of nitro benzene ring substituents is 1. The quantitative estimate of drug-likeness (QED) is 0.211. The first-order valence-corrected chi connectivity index (χ1v) is 10.3. The third-order valence-electron chi connectivity index (χ3n) is 4.39. The number of imide groups is 1. The number of alkyl halides is 1. The number of hydrogen-bond donors (Lipinski definition) is 1. The van der Waals surface area contributed by atoms with Gasteiger partial charge in [0.2, 0.25) is 5.91 Å². The minimum atomic E-state index is -0.662. The summed E-state index contributed by atoms with van der Waals surface area (Å²) in [6.45, 7) is 0.149. The van der Waals surface area contributed by atoms with Gasteiger partial charge >= 0.3 is 0 Å². The Morgan fingerprint density at radius 3 is 2.72 bits per heavy atom. The maximum absolute atomic E-state index is 12.5. The molecule has 0 aliphatic carbocycles. The number of nitro groups is 1. The molecule has 1 aliphatic rings. The van der Waals surface area contributed by atoms with Gasteiger partial charge in [-0.3, -0.25) is 29.4 Å². The van der Waals surface area contributed by atoms with E-state index in [4.69, 9.17) is 11.6 Å². The maximum Gasteiger partial charge on any atom is 0.282 e. The molecule has 0 bridgehead atoms. The van der Waals surface area contributed by atoms with Gasteiger partial charge in [0.15, 0.2) is 5.13 Å². The summed E-state index contributed by atoms with van der Waals surface area (Å²) in [4.78, 5) is 52.4. The Labute approximate surface area is 174 Å². The number of unbranched alkanes of at least 4 members (excludes halogenated alkanes) is 2. The summed E-state index contributed by atoms with van der Waals surface area (Å²) in [5.41, 5.74) is 0.248. The minimum Gasteiger partial charge on any atom is -0.302 e. The lowest BCUT2D eigenvalue weighted by molar-refractivity contribution is -0.385. The predicted octanol–water partition coefficient (Wildman–Crippen LogP) is 3.59. The summed E-state index contributed by atoms with van der Waals surface area (Å²) < 4.78 is 0. The SMILES string of the molecule is O=C(CCCCCN1C(=O)c2cccc([N+](=O)[O-])c2C1=O)Nc1nc(CCl)cs1. The van der Waals surface area contributed by atoms with Crippen LogP contribution in [-0.2, 0) is 10.7 Å². The third-order valence-corrected chi connectivity index (χ3v) is 5.47. The standard InChI is InChI=1S/C18H17ClN4O5S/c19-9-11-10-29-18(20-11)21-14(24)7-2-1-3-8-22-16(25)12-5-4-6-13(23(27)28)15(12)17(22)26/h4-6,10H,1-3,7-9H2,(H,20,21,24). The van der Waals surface area contributed by atoms with Crippen LogP contribution in [0.2, 0.25) is 0 Å². The van der Waals surface area contributed by atoms with Crippen LogP contribution in [0, 0.1) is 10.1 Å². The Morgan fingerprint density at radius 2 is 2.03 bits per heavy atom. The van der Waals surface area contributed by atoms with Crippen molar-refractivity contribution in [2.24, 2.45) is 0 Å². The Hall–Kier alpha value is -2.85. The van der Waals surface area contributed by atoms with Gasteiger partial charge in [0.1, 0.15) is 5.56 Å². The van der Waals surface area contributed by atoms with Crippen LogP contribution in [0.4, 0.5) is 10.8 Å². The zero-order valence-electron chi connectivity index (χ0n) is 15.2. The molecular weight excluding hydrogens is 420 g/mol. The number of aromatic nitrogens is 1. The zero-order chi connectivity index (χ0) is 21.0. The highest BCUT2D eigenvalue weighted by Crippen LogP contribution is 2.30. The third kappa shape index (κ3) is 4.60. The van der Waals surface area contributed by atoms with Crippen molar-refractivity contribution in [2.75, 3.05) is 11.9 Å². The molecule has 3 rings (SSSR count). The minimum absolute atomic E-state index is 0.0586. The summed E-state index contributed by atoms with van der Waals surface area (Å²) in [7, 11) is 0. The Bertz CT molecular complexity index is 977. The van der Waals surface area contributed by atoms with Crippen molar-refractivity contribution in [2.45, 2.75) is 31.6 Å². The first-order chi connectivity index (χ1) is 13.9. The first-order valence-electron chi connectivity index (χ1n) is 8.86. The van der Waals surface area contributed by atoms with Crippen LogP contribution in [0.25, 0.3) is 0 Å². The van der Waals surface area contributed by atoms with Crippen molar-refractivity contribution >= 4 is 51.5 Å². The van der Waals surface area contributed by atoms with E-state index in [1.54, 1.807) is 5.38 Å². The fourth-order valence-electron chi connectivity index (χ4n) is 3.01. The van der Waals surface area contributed by atoms with E-state index in [9.17, 15) is 24.5 Å². The molecule has 0 radical (unpaired) electrons.